The molecule has 0 spiro atoms. The molecule has 0 aliphatic rings. The van der Waals surface area contributed by atoms with Gasteiger partial charge in [0.05, 0.1) is 22.5 Å². The van der Waals surface area contributed by atoms with E-state index in [4.69, 9.17) is 16.0 Å². The number of imidazole rings is 1. The van der Waals surface area contributed by atoms with Crippen LogP contribution in [0.5, 0.6) is 0 Å². The van der Waals surface area contributed by atoms with Crippen LogP contribution in [0.25, 0.3) is 11.0 Å². The zero-order chi connectivity index (χ0) is 14.8. The molecule has 0 aliphatic heterocycles. The molecule has 0 radical (unpaired) electrons. The highest BCUT2D eigenvalue weighted by Gasteiger charge is 2.11. The lowest BCUT2D eigenvalue weighted by atomic mass is 10.3. The second-order valence-electron chi connectivity index (χ2n) is 4.40. The molecule has 0 bridgehead atoms. The first kappa shape index (κ1) is 14.7. The highest BCUT2D eigenvalue weighted by molar-refractivity contribution is 7.98. The number of rotatable bonds is 5. The molecule has 8 heteroatoms. The summed E-state index contributed by atoms with van der Waals surface area (Å²) in [7, 11) is 1.99. The van der Waals surface area contributed by atoms with Gasteiger partial charge in [-0.15, -0.1) is 10.2 Å². The summed E-state index contributed by atoms with van der Waals surface area (Å²) in [6.07, 6.45) is 2.00. The van der Waals surface area contributed by atoms with Crippen molar-refractivity contribution in [3.63, 3.8) is 0 Å². The van der Waals surface area contributed by atoms with E-state index in [2.05, 4.69) is 19.7 Å². The van der Waals surface area contributed by atoms with E-state index in [0.29, 0.717) is 21.9 Å². The molecule has 0 N–H and O–H groups in total. The summed E-state index contributed by atoms with van der Waals surface area (Å²) in [5.74, 6) is 3.01. The van der Waals surface area contributed by atoms with Gasteiger partial charge >= 0.3 is 0 Å². The van der Waals surface area contributed by atoms with E-state index in [1.165, 1.54) is 11.8 Å². The molecular weight excluding hydrogens is 328 g/mol. The lowest BCUT2D eigenvalue weighted by Crippen LogP contribution is -1.95. The maximum absolute atomic E-state index is 6.00. The summed E-state index contributed by atoms with van der Waals surface area (Å²) in [6.45, 7) is 0. The van der Waals surface area contributed by atoms with Crippen LogP contribution in [-0.2, 0) is 18.6 Å². The normalized spacial score (nSPS) is 11.4. The standard InChI is InChI=1S/C13H13ClN4OS2/c1-18-10-4-3-8(14)5-9(10)15-11(18)6-21-13-17-16-12(19-13)7-20-2/h3-5H,6-7H2,1-2H3. The van der Waals surface area contributed by atoms with Crippen LogP contribution in [0.3, 0.4) is 0 Å². The third-order valence-electron chi connectivity index (χ3n) is 2.98. The smallest absolute Gasteiger partial charge is 0.277 e. The number of hydrogen-bond donors (Lipinski definition) is 0. The van der Waals surface area contributed by atoms with Gasteiger partial charge in [0, 0.05) is 12.1 Å². The molecule has 0 saturated carbocycles. The Morgan fingerprint density at radius 3 is 2.95 bits per heavy atom. The second kappa shape index (κ2) is 6.29. The van der Waals surface area contributed by atoms with Crippen molar-refractivity contribution < 1.29 is 4.42 Å². The average Bonchev–Trinajstić information content (AvgIpc) is 3.02. The third kappa shape index (κ3) is 3.20. The number of aromatic nitrogens is 4. The molecule has 110 valence electrons. The summed E-state index contributed by atoms with van der Waals surface area (Å²) in [6, 6.07) is 5.71. The monoisotopic (exact) mass is 340 g/mol. The number of hydrogen-bond acceptors (Lipinski definition) is 6. The van der Waals surface area contributed by atoms with Crippen LogP contribution < -0.4 is 0 Å². The maximum atomic E-state index is 6.00. The van der Waals surface area contributed by atoms with Crippen LogP contribution in [0.2, 0.25) is 5.02 Å². The Labute approximate surface area is 135 Å². The fourth-order valence-corrected chi connectivity index (χ4v) is 3.25. The number of fused-ring (bicyclic) bond motifs is 1. The van der Waals surface area contributed by atoms with E-state index < -0.39 is 0 Å². The van der Waals surface area contributed by atoms with Gasteiger partial charge in [-0.05, 0) is 24.5 Å². The highest BCUT2D eigenvalue weighted by atomic mass is 35.5. The van der Waals surface area contributed by atoms with E-state index in [1.807, 2.05) is 31.5 Å². The molecule has 0 unspecified atom stereocenters. The molecule has 3 rings (SSSR count). The first-order valence-electron chi connectivity index (χ1n) is 6.22. The molecule has 5 nitrogen and oxygen atoms in total. The van der Waals surface area contributed by atoms with E-state index in [9.17, 15) is 0 Å². The molecular formula is C13H13ClN4OS2. The molecule has 21 heavy (non-hydrogen) atoms. The first-order valence-corrected chi connectivity index (χ1v) is 8.98. The fraction of sp³-hybridized carbons (Fsp3) is 0.308. The van der Waals surface area contributed by atoms with Gasteiger partial charge in [-0.25, -0.2) is 4.98 Å². The van der Waals surface area contributed by atoms with Crippen LogP contribution in [0.1, 0.15) is 11.7 Å². The quantitative estimate of drug-likeness (QED) is 0.659. The van der Waals surface area contributed by atoms with Crippen LogP contribution in [0.15, 0.2) is 27.8 Å². The van der Waals surface area contributed by atoms with E-state index in [1.54, 1.807) is 11.8 Å². The Bertz CT molecular complexity index is 771. The van der Waals surface area contributed by atoms with Crippen LogP contribution in [-0.4, -0.2) is 26.0 Å². The molecule has 2 aromatic heterocycles. The van der Waals surface area contributed by atoms with Crippen LogP contribution in [0.4, 0.5) is 0 Å². The molecule has 1 aromatic carbocycles. The fourth-order valence-electron chi connectivity index (χ4n) is 1.96. The van der Waals surface area contributed by atoms with E-state index in [0.717, 1.165) is 22.6 Å². The van der Waals surface area contributed by atoms with Gasteiger partial charge in [0.1, 0.15) is 5.82 Å². The minimum atomic E-state index is 0.573. The van der Waals surface area contributed by atoms with Crippen molar-refractivity contribution in [2.24, 2.45) is 7.05 Å². The van der Waals surface area contributed by atoms with Crippen molar-refractivity contribution in [2.75, 3.05) is 6.26 Å². The van der Waals surface area contributed by atoms with Crippen molar-refractivity contribution in [3.8, 4) is 0 Å². The minimum absolute atomic E-state index is 0.573. The van der Waals surface area contributed by atoms with Crippen molar-refractivity contribution in [3.05, 3.63) is 34.9 Å². The zero-order valence-corrected chi connectivity index (χ0v) is 13.9. The lowest BCUT2D eigenvalue weighted by Gasteiger charge is -1.99. The number of thioether (sulfide) groups is 2. The zero-order valence-electron chi connectivity index (χ0n) is 11.5. The number of aryl methyl sites for hydroxylation is 1. The Morgan fingerprint density at radius 2 is 2.14 bits per heavy atom. The van der Waals surface area contributed by atoms with Gasteiger partial charge in [-0.3, -0.25) is 0 Å². The Morgan fingerprint density at radius 1 is 1.29 bits per heavy atom. The van der Waals surface area contributed by atoms with E-state index >= 15 is 0 Å². The molecule has 0 amide bonds. The summed E-state index contributed by atoms with van der Waals surface area (Å²) >= 11 is 9.14. The predicted octanol–water partition coefficient (Wildman–Crippen LogP) is 3.77. The van der Waals surface area contributed by atoms with Gasteiger partial charge in [0.2, 0.25) is 5.89 Å². The summed E-state index contributed by atoms with van der Waals surface area (Å²) in [5.41, 5.74) is 1.96. The Hall–Kier alpha value is -1.18. The van der Waals surface area contributed by atoms with Crippen molar-refractivity contribution >= 4 is 46.2 Å². The van der Waals surface area contributed by atoms with Gasteiger partial charge < -0.3 is 8.98 Å². The molecule has 3 aromatic rings. The first-order chi connectivity index (χ1) is 10.2. The lowest BCUT2D eigenvalue weighted by molar-refractivity contribution is 0.426. The van der Waals surface area contributed by atoms with Gasteiger partial charge in [-0.2, -0.15) is 11.8 Å². The van der Waals surface area contributed by atoms with Gasteiger partial charge in [-0.1, -0.05) is 23.4 Å². The molecule has 0 saturated heterocycles. The van der Waals surface area contributed by atoms with Crippen molar-refractivity contribution in [2.45, 2.75) is 16.7 Å². The number of benzene rings is 1. The minimum Gasteiger partial charge on any atom is -0.415 e. The van der Waals surface area contributed by atoms with Gasteiger partial charge in [0.15, 0.2) is 0 Å². The van der Waals surface area contributed by atoms with Gasteiger partial charge in [0.25, 0.3) is 5.22 Å². The van der Waals surface area contributed by atoms with Crippen molar-refractivity contribution in [1.82, 2.24) is 19.7 Å². The maximum Gasteiger partial charge on any atom is 0.277 e. The number of nitrogens with zero attached hydrogens (tertiary/aromatic N) is 4. The summed E-state index contributed by atoms with van der Waals surface area (Å²) in [5, 5.41) is 9.28. The Balaban J connectivity index is 1.76. The van der Waals surface area contributed by atoms with E-state index in [-0.39, 0.29) is 0 Å². The SMILES string of the molecule is CSCc1nnc(SCc2nc3cc(Cl)ccc3n2C)o1. The third-order valence-corrected chi connectivity index (χ3v) is 4.56. The van der Waals surface area contributed by atoms with Crippen LogP contribution in [0, 0.1) is 0 Å². The average molecular weight is 341 g/mol. The second-order valence-corrected chi connectivity index (χ2v) is 6.63. The molecule has 0 aliphatic carbocycles. The summed E-state index contributed by atoms with van der Waals surface area (Å²) < 4.78 is 7.59. The topological polar surface area (TPSA) is 56.7 Å². The largest absolute Gasteiger partial charge is 0.415 e. The highest BCUT2D eigenvalue weighted by Crippen LogP contribution is 2.25. The van der Waals surface area contributed by atoms with Crippen LogP contribution >= 0.6 is 35.1 Å². The predicted molar refractivity (Wildman–Crippen MR) is 86.8 cm³/mol. The molecule has 0 atom stereocenters. The number of halogens is 1. The van der Waals surface area contributed by atoms with Crippen molar-refractivity contribution in [1.29, 1.82) is 0 Å². The molecule has 2 heterocycles. The Kier molecular flexibility index (Phi) is 4.42. The summed E-state index contributed by atoms with van der Waals surface area (Å²) in [4.78, 5) is 4.60. The molecule has 0 fully saturated rings.